The van der Waals surface area contributed by atoms with Crippen molar-refractivity contribution >= 4 is 0 Å². The van der Waals surface area contributed by atoms with E-state index in [1.807, 2.05) is 0 Å². The molecule has 3 rings (SSSR count). The highest BCUT2D eigenvalue weighted by Gasteiger charge is 2.53. The van der Waals surface area contributed by atoms with E-state index < -0.39 is 0 Å². The average Bonchev–Trinajstić information content (AvgIpc) is 3.14. The average molecular weight is 209 g/mol. The summed E-state index contributed by atoms with van der Waals surface area (Å²) in [5.41, 5.74) is 0.759. The summed E-state index contributed by atoms with van der Waals surface area (Å²) in [7, 11) is 0. The molecule has 0 spiro atoms. The fourth-order valence-electron chi connectivity index (χ4n) is 3.08. The Hall–Kier alpha value is -0.0800. The molecule has 2 saturated carbocycles. The Morgan fingerprint density at radius 1 is 1.20 bits per heavy atom. The molecule has 0 aromatic rings. The van der Waals surface area contributed by atoms with Crippen LogP contribution in [0.4, 0.5) is 0 Å². The van der Waals surface area contributed by atoms with Gasteiger partial charge in [-0.15, -0.1) is 0 Å². The van der Waals surface area contributed by atoms with Gasteiger partial charge in [-0.2, -0.15) is 0 Å². The second-order valence-corrected chi connectivity index (χ2v) is 5.85. The first-order valence-corrected chi connectivity index (χ1v) is 6.68. The minimum Gasteiger partial charge on any atom is -0.381 e. The summed E-state index contributed by atoms with van der Waals surface area (Å²) < 4.78 is 5.50. The van der Waals surface area contributed by atoms with Gasteiger partial charge >= 0.3 is 0 Å². The van der Waals surface area contributed by atoms with Crippen molar-refractivity contribution in [2.24, 2.45) is 17.3 Å². The molecule has 0 aromatic heterocycles. The van der Waals surface area contributed by atoms with Gasteiger partial charge in [-0.3, -0.25) is 0 Å². The number of nitrogens with one attached hydrogen (secondary N) is 1. The number of ether oxygens (including phenoxy) is 1. The first kappa shape index (κ1) is 10.1. The lowest BCUT2D eigenvalue weighted by Gasteiger charge is -2.23. The molecule has 0 amide bonds. The zero-order chi connectivity index (χ0) is 10.1. The first-order chi connectivity index (χ1) is 7.39. The molecule has 1 unspecified atom stereocenters. The smallest absolute Gasteiger partial charge is 0.0506 e. The second-order valence-electron chi connectivity index (χ2n) is 5.85. The fraction of sp³-hybridized carbons (Fsp3) is 1.00. The van der Waals surface area contributed by atoms with Crippen molar-refractivity contribution in [3.63, 3.8) is 0 Å². The van der Waals surface area contributed by atoms with Crippen LogP contribution in [0.25, 0.3) is 0 Å². The summed E-state index contributed by atoms with van der Waals surface area (Å²) in [5, 5.41) is 3.70. The molecule has 1 saturated heterocycles. The highest BCUT2D eigenvalue weighted by Crippen LogP contribution is 2.60. The molecule has 86 valence electrons. The van der Waals surface area contributed by atoms with E-state index in [-0.39, 0.29) is 0 Å². The van der Waals surface area contributed by atoms with Gasteiger partial charge in [-0.05, 0) is 55.8 Å². The summed E-state index contributed by atoms with van der Waals surface area (Å²) in [4.78, 5) is 0. The summed E-state index contributed by atoms with van der Waals surface area (Å²) in [6.07, 6.45) is 8.63. The largest absolute Gasteiger partial charge is 0.381 e. The van der Waals surface area contributed by atoms with E-state index in [1.54, 1.807) is 0 Å². The highest BCUT2D eigenvalue weighted by atomic mass is 16.5. The Labute approximate surface area is 92.8 Å². The van der Waals surface area contributed by atoms with Crippen LogP contribution in [-0.4, -0.2) is 26.3 Å². The number of hydrogen-bond acceptors (Lipinski definition) is 2. The molecule has 0 aromatic carbocycles. The second kappa shape index (κ2) is 4.06. The van der Waals surface area contributed by atoms with Crippen molar-refractivity contribution in [3.05, 3.63) is 0 Å². The van der Waals surface area contributed by atoms with E-state index in [4.69, 9.17) is 4.74 Å². The lowest BCUT2D eigenvalue weighted by atomic mass is 9.99. The van der Waals surface area contributed by atoms with Crippen LogP contribution in [-0.2, 0) is 4.74 Å². The van der Waals surface area contributed by atoms with E-state index in [0.29, 0.717) is 0 Å². The van der Waals surface area contributed by atoms with Gasteiger partial charge in [0.1, 0.15) is 0 Å². The van der Waals surface area contributed by atoms with Gasteiger partial charge in [0.2, 0.25) is 0 Å². The molecule has 0 radical (unpaired) electrons. The molecule has 1 atom stereocenters. The van der Waals surface area contributed by atoms with Crippen molar-refractivity contribution in [2.45, 2.75) is 38.5 Å². The van der Waals surface area contributed by atoms with Crippen LogP contribution < -0.4 is 5.32 Å². The predicted molar refractivity (Wildman–Crippen MR) is 60.8 cm³/mol. The monoisotopic (exact) mass is 209 g/mol. The Morgan fingerprint density at radius 3 is 2.67 bits per heavy atom. The maximum absolute atomic E-state index is 5.50. The lowest BCUT2D eigenvalue weighted by molar-refractivity contribution is 0.0543. The van der Waals surface area contributed by atoms with Crippen molar-refractivity contribution < 1.29 is 4.74 Å². The van der Waals surface area contributed by atoms with Crippen molar-refractivity contribution in [1.29, 1.82) is 0 Å². The van der Waals surface area contributed by atoms with Gasteiger partial charge in [0.05, 0.1) is 6.61 Å². The molecular formula is C13H23NO. The molecule has 1 heterocycles. The summed E-state index contributed by atoms with van der Waals surface area (Å²) >= 11 is 0. The van der Waals surface area contributed by atoms with Gasteiger partial charge in [-0.1, -0.05) is 0 Å². The molecule has 0 bridgehead atoms. The highest BCUT2D eigenvalue weighted by molar-refractivity contribution is 5.05. The molecule has 2 aliphatic carbocycles. The van der Waals surface area contributed by atoms with Crippen molar-refractivity contribution in [1.82, 2.24) is 5.32 Å². The molecule has 2 nitrogen and oxygen atoms in total. The summed E-state index contributed by atoms with van der Waals surface area (Å²) in [6.45, 7) is 4.45. The molecular weight excluding hydrogens is 186 g/mol. The third-order valence-corrected chi connectivity index (χ3v) is 4.50. The zero-order valence-electron chi connectivity index (χ0n) is 9.63. The van der Waals surface area contributed by atoms with Crippen LogP contribution >= 0.6 is 0 Å². The minimum atomic E-state index is 0.759. The van der Waals surface area contributed by atoms with E-state index in [2.05, 4.69) is 5.32 Å². The van der Waals surface area contributed by atoms with Crippen molar-refractivity contribution in [3.8, 4) is 0 Å². The van der Waals surface area contributed by atoms with Gasteiger partial charge < -0.3 is 10.1 Å². The van der Waals surface area contributed by atoms with Gasteiger partial charge in [-0.25, -0.2) is 0 Å². The third-order valence-electron chi connectivity index (χ3n) is 4.50. The number of hydrogen-bond donors (Lipinski definition) is 1. The molecule has 3 aliphatic rings. The van der Waals surface area contributed by atoms with Gasteiger partial charge in [0.25, 0.3) is 0 Å². The minimum absolute atomic E-state index is 0.759. The molecule has 2 heteroatoms. The fourth-order valence-corrected chi connectivity index (χ4v) is 3.08. The summed E-state index contributed by atoms with van der Waals surface area (Å²) in [5.74, 6) is 1.88. The SMILES string of the molecule is C1COCC(CNCC2(C3CC3)CC2)C1. The Bertz CT molecular complexity index is 215. The Morgan fingerprint density at radius 2 is 2.07 bits per heavy atom. The zero-order valence-corrected chi connectivity index (χ0v) is 9.63. The van der Waals surface area contributed by atoms with E-state index >= 15 is 0 Å². The molecule has 3 fully saturated rings. The van der Waals surface area contributed by atoms with Crippen LogP contribution in [0, 0.1) is 17.3 Å². The van der Waals surface area contributed by atoms with Crippen LogP contribution in [0.5, 0.6) is 0 Å². The van der Waals surface area contributed by atoms with Crippen LogP contribution in [0.15, 0.2) is 0 Å². The van der Waals surface area contributed by atoms with Crippen LogP contribution in [0.3, 0.4) is 0 Å². The third kappa shape index (κ3) is 2.36. The quantitative estimate of drug-likeness (QED) is 0.749. The predicted octanol–water partition coefficient (Wildman–Crippen LogP) is 2.19. The summed E-state index contributed by atoms with van der Waals surface area (Å²) in [6, 6.07) is 0. The maximum atomic E-state index is 5.50. The maximum Gasteiger partial charge on any atom is 0.0506 e. The topological polar surface area (TPSA) is 21.3 Å². The normalized spacial score (nSPS) is 34.0. The first-order valence-electron chi connectivity index (χ1n) is 6.68. The van der Waals surface area contributed by atoms with E-state index in [1.165, 1.54) is 51.6 Å². The standard InChI is InChI=1S/C13H23NO/c1-2-11(9-15-7-1)8-14-10-13(5-6-13)12-3-4-12/h11-12,14H,1-10H2. The molecule has 15 heavy (non-hydrogen) atoms. The van der Waals surface area contributed by atoms with Crippen LogP contribution in [0.1, 0.15) is 38.5 Å². The Balaban J connectivity index is 1.35. The van der Waals surface area contributed by atoms with Crippen molar-refractivity contribution in [2.75, 3.05) is 26.3 Å². The van der Waals surface area contributed by atoms with E-state index in [0.717, 1.165) is 30.5 Å². The van der Waals surface area contributed by atoms with E-state index in [9.17, 15) is 0 Å². The molecule has 1 N–H and O–H groups in total. The molecule has 1 aliphatic heterocycles. The van der Waals surface area contributed by atoms with Crippen LogP contribution in [0.2, 0.25) is 0 Å². The lowest BCUT2D eigenvalue weighted by Crippen LogP contribution is -2.33. The Kier molecular flexibility index (Phi) is 2.73. The number of rotatable bonds is 5. The van der Waals surface area contributed by atoms with Gasteiger partial charge in [0, 0.05) is 19.7 Å². The van der Waals surface area contributed by atoms with Gasteiger partial charge in [0.15, 0.2) is 0 Å².